The molecule has 2 aromatic carbocycles. The Bertz CT molecular complexity index is 1130. The van der Waals surface area contributed by atoms with Crippen molar-refractivity contribution in [1.29, 1.82) is 0 Å². The Kier molecular flexibility index (Phi) is 5.37. The van der Waals surface area contributed by atoms with Crippen molar-refractivity contribution in [2.45, 2.75) is 19.1 Å². The number of alkyl halides is 3. The first-order valence-corrected chi connectivity index (χ1v) is 9.66. The molecule has 0 radical (unpaired) electrons. The number of rotatable bonds is 4. The third kappa shape index (κ3) is 4.03. The minimum atomic E-state index is -4.66. The Balaban J connectivity index is 1.59. The molecule has 0 bridgehead atoms. The van der Waals surface area contributed by atoms with Crippen LogP contribution in [0.3, 0.4) is 0 Å². The van der Waals surface area contributed by atoms with Gasteiger partial charge in [0.2, 0.25) is 5.91 Å². The highest BCUT2D eigenvalue weighted by Crippen LogP contribution is 2.36. The highest BCUT2D eigenvalue weighted by atomic mass is 19.4. The molecule has 1 unspecified atom stereocenters. The molecule has 2 aromatic rings. The van der Waals surface area contributed by atoms with Crippen molar-refractivity contribution in [2.24, 2.45) is 0 Å². The molecule has 2 N–H and O–H groups in total. The van der Waals surface area contributed by atoms with E-state index in [2.05, 4.69) is 10.6 Å². The fourth-order valence-corrected chi connectivity index (χ4v) is 3.66. The maximum atomic E-state index is 13.2. The number of nitrogens with zero attached hydrogens (tertiary/aromatic N) is 1. The van der Waals surface area contributed by atoms with E-state index in [0.717, 1.165) is 22.6 Å². The highest BCUT2D eigenvalue weighted by molar-refractivity contribution is 6.00. The van der Waals surface area contributed by atoms with Crippen LogP contribution >= 0.6 is 0 Å². The molecule has 2 aliphatic heterocycles. The van der Waals surface area contributed by atoms with Crippen LogP contribution in [0.4, 0.5) is 23.7 Å². The monoisotopic (exact) mass is 445 g/mol. The third-order valence-electron chi connectivity index (χ3n) is 5.22. The summed E-state index contributed by atoms with van der Waals surface area (Å²) in [7, 11) is 0. The summed E-state index contributed by atoms with van der Waals surface area (Å²) >= 11 is 0. The zero-order valence-electron chi connectivity index (χ0n) is 16.8. The summed E-state index contributed by atoms with van der Waals surface area (Å²) in [6.45, 7) is 1.10. The molecule has 1 atom stereocenters. The standard InChI is InChI=1S/C22H18F3N3O4/c1-12-6-8-13(9-7-12)19-18-16(11-32-20(18)30)28(21(31)27-19)10-17(29)26-15-5-3-2-4-14(15)22(23,24)25/h2-9,19H,10-11H2,1H3,(H,26,29)(H,27,31). The summed E-state index contributed by atoms with van der Waals surface area (Å²) in [5.41, 5.74) is 0.638. The van der Waals surface area contributed by atoms with Gasteiger partial charge in [0, 0.05) is 0 Å². The van der Waals surface area contributed by atoms with Crippen LogP contribution in [0.5, 0.6) is 0 Å². The number of carbonyl (C=O) groups excluding carboxylic acids is 3. The van der Waals surface area contributed by atoms with E-state index in [-0.39, 0.29) is 17.9 Å². The van der Waals surface area contributed by atoms with Gasteiger partial charge in [0.15, 0.2) is 0 Å². The number of halogens is 3. The number of hydrogen-bond donors (Lipinski definition) is 2. The van der Waals surface area contributed by atoms with E-state index in [1.807, 2.05) is 19.1 Å². The lowest BCUT2D eigenvalue weighted by Crippen LogP contribution is -2.49. The van der Waals surface area contributed by atoms with Gasteiger partial charge < -0.3 is 15.4 Å². The van der Waals surface area contributed by atoms with Gasteiger partial charge in [-0.05, 0) is 24.6 Å². The molecule has 3 amide bonds. The fraction of sp³-hybridized carbons (Fsp3) is 0.227. The number of anilines is 1. The van der Waals surface area contributed by atoms with Crippen molar-refractivity contribution in [3.63, 3.8) is 0 Å². The van der Waals surface area contributed by atoms with Crippen molar-refractivity contribution < 1.29 is 32.3 Å². The summed E-state index contributed by atoms with van der Waals surface area (Å²) in [6, 6.07) is 10.3. The molecule has 2 heterocycles. The van der Waals surface area contributed by atoms with Crippen LogP contribution in [-0.2, 0) is 20.5 Å². The van der Waals surface area contributed by atoms with E-state index in [9.17, 15) is 27.6 Å². The first-order chi connectivity index (χ1) is 15.1. The maximum absolute atomic E-state index is 13.2. The first-order valence-electron chi connectivity index (χ1n) is 9.66. The van der Waals surface area contributed by atoms with Gasteiger partial charge in [-0.15, -0.1) is 0 Å². The Labute approximate surface area is 180 Å². The normalized spacial score (nSPS) is 18.2. The van der Waals surface area contributed by atoms with Gasteiger partial charge in [0.1, 0.15) is 13.2 Å². The number of urea groups is 1. The lowest BCUT2D eigenvalue weighted by Gasteiger charge is -2.32. The Morgan fingerprint density at radius 2 is 1.84 bits per heavy atom. The summed E-state index contributed by atoms with van der Waals surface area (Å²) in [5.74, 6) is -1.48. The number of hydrogen-bond acceptors (Lipinski definition) is 4. The molecule has 2 aliphatic rings. The lowest BCUT2D eigenvalue weighted by molar-refractivity contribution is -0.137. The average Bonchev–Trinajstić information content (AvgIpc) is 3.12. The molecule has 166 valence electrons. The number of para-hydroxylation sites is 1. The van der Waals surface area contributed by atoms with E-state index >= 15 is 0 Å². The fourth-order valence-electron chi connectivity index (χ4n) is 3.66. The summed E-state index contributed by atoms with van der Waals surface area (Å²) in [4.78, 5) is 38.6. The molecule has 0 spiro atoms. The number of cyclic esters (lactones) is 1. The van der Waals surface area contributed by atoms with Gasteiger partial charge in [0.25, 0.3) is 0 Å². The quantitative estimate of drug-likeness (QED) is 0.705. The maximum Gasteiger partial charge on any atom is 0.418 e. The number of amides is 3. The molecule has 0 saturated carbocycles. The SMILES string of the molecule is Cc1ccc(C2NC(=O)N(CC(=O)Nc3ccccc3C(F)(F)F)C3=C2C(=O)OC3)cc1. The number of carbonyl (C=O) groups is 3. The second-order valence-corrected chi connectivity index (χ2v) is 7.41. The van der Waals surface area contributed by atoms with Gasteiger partial charge in [-0.2, -0.15) is 13.2 Å². The average molecular weight is 445 g/mol. The predicted octanol–water partition coefficient (Wildman–Crippen LogP) is 3.53. The number of esters is 1. The minimum absolute atomic E-state index is 0.192. The van der Waals surface area contributed by atoms with E-state index < -0.39 is 47.9 Å². The predicted molar refractivity (Wildman–Crippen MR) is 107 cm³/mol. The van der Waals surface area contributed by atoms with Crippen molar-refractivity contribution in [3.05, 3.63) is 76.5 Å². The summed E-state index contributed by atoms with van der Waals surface area (Å²) in [6.07, 6.45) is -4.66. The molecular formula is C22H18F3N3O4. The molecule has 0 saturated heterocycles. The molecule has 32 heavy (non-hydrogen) atoms. The van der Waals surface area contributed by atoms with Gasteiger partial charge in [0.05, 0.1) is 28.6 Å². The molecule has 4 rings (SSSR count). The van der Waals surface area contributed by atoms with E-state index in [4.69, 9.17) is 4.74 Å². The van der Waals surface area contributed by atoms with Crippen LogP contribution in [0.2, 0.25) is 0 Å². The second kappa shape index (κ2) is 8.03. The van der Waals surface area contributed by atoms with Crippen molar-refractivity contribution in [3.8, 4) is 0 Å². The van der Waals surface area contributed by atoms with E-state index in [0.29, 0.717) is 5.56 Å². The van der Waals surface area contributed by atoms with Crippen LogP contribution in [0.1, 0.15) is 22.7 Å². The third-order valence-corrected chi connectivity index (χ3v) is 5.22. The number of nitrogens with one attached hydrogen (secondary N) is 2. The van der Waals surface area contributed by atoms with Gasteiger partial charge in [-0.25, -0.2) is 9.59 Å². The number of aryl methyl sites for hydroxylation is 1. The van der Waals surface area contributed by atoms with Gasteiger partial charge in [-0.1, -0.05) is 42.0 Å². The number of benzene rings is 2. The molecule has 0 fully saturated rings. The van der Waals surface area contributed by atoms with Crippen LogP contribution in [0.25, 0.3) is 0 Å². The van der Waals surface area contributed by atoms with Crippen LogP contribution < -0.4 is 10.6 Å². The zero-order valence-corrected chi connectivity index (χ0v) is 16.8. The lowest BCUT2D eigenvalue weighted by atomic mass is 9.95. The summed E-state index contributed by atoms with van der Waals surface area (Å²) < 4.78 is 44.6. The van der Waals surface area contributed by atoms with Crippen LogP contribution in [0.15, 0.2) is 59.8 Å². The highest BCUT2D eigenvalue weighted by Gasteiger charge is 2.43. The van der Waals surface area contributed by atoms with Crippen molar-refractivity contribution >= 4 is 23.6 Å². The summed E-state index contributed by atoms with van der Waals surface area (Å²) in [5, 5.41) is 4.87. The van der Waals surface area contributed by atoms with Crippen molar-refractivity contribution in [1.82, 2.24) is 10.2 Å². The van der Waals surface area contributed by atoms with E-state index in [1.165, 1.54) is 12.1 Å². The smallest absolute Gasteiger partial charge is 0.418 e. The van der Waals surface area contributed by atoms with Crippen LogP contribution in [0, 0.1) is 6.92 Å². The molecule has 10 heteroatoms. The molecule has 0 aliphatic carbocycles. The Morgan fingerprint density at radius 3 is 2.53 bits per heavy atom. The minimum Gasteiger partial charge on any atom is -0.456 e. The largest absolute Gasteiger partial charge is 0.456 e. The van der Waals surface area contributed by atoms with Crippen LogP contribution in [-0.4, -0.2) is 36.0 Å². The van der Waals surface area contributed by atoms with E-state index in [1.54, 1.807) is 12.1 Å². The number of ether oxygens (including phenoxy) is 1. The Hall–Kier alpha value is -3.82. The Morgan fingerprint density at radius 1 is 1.16 bits per heavy atom. The topological polar surface area (TPSA) is 87.7 Å². The second-order valence-electron chi connectivity index (χ2n) is 7.41. The zero-order chi connectivity index (χ0) is 23.0. The van der Waals surface area contributed by atoms with Gasteiger partial charge in [-0.3, -0.25) is 9.69 Å². The van der Waals surface area contributed by atoms with Gasteiger partial charge >= 0.3 is 18.2 Å². The molecule has 0 aromatic heterocycles. The first kappa shape index (κ1) is 21.4. The molecular weight excluding hydrogens is 427 g/mol. The van der Waals surface area contributed by atoms with Crippen molar-refractivity contribution in [2.75, 3.05) is 18.5 Å². The molecule has 7 nitrogen and oxygen atoms in total.